The molecule has 2 N–H and O–H groups in total. The van der Waals surface area contributed by atoms with Crippen molar-refractivity contribution < 1.29 is 13.2 Å². The van der Waals surface area contributed by atoms with Crippen LogP contribution in [0.25, 0.3) is 0 Å². The quantitative estimate of drug-likeness (QED) is 0.587. The molecule has 1 rings (SSSR count). The Labute approximate surface area is 121 Å². The predicted molar refractivity (Wildman–Crippen MR) is 81.2 cm³/mol. The van der Waals surface area contributed by atoms with E-state index in [4.69, 9.17) is 10.5 Å². The largest absolute Gasteiger partial charge is 0.399 e. The van der Waals surface area contributed by atoms with Gasteiger partial charge in [0.2, 0.25) is 10.0 Å². The van der Waals surface area contributed by atoms with E-state index in [2.05, 4.69) is 0 Å². The lowest BCUT2D eigenvalue weighted by molar-refractivity contribution is 0.135. The Morgan fingerprint density at radius 3 is 2.50 bits per heavy atom. The van der Waals surface area contributed by atoms with E-state index < -0.39 is 10.0 Å². The summed E-state index contributed by atoms with van der Waals surface area (Å²) >= 11 is 0. The van der Waals surface area contributed by atoms with Crippen LogP contribution >= 0.6 is 0 Å². The van der Waals surface area contributed by atoms with Crippen LogP contribution in [-0.4, -0.2) is 39.0 Å². The van der Waals surface area contributed by atoms with Gasteiger partial charge in [-0.3, -0.25) is 0 Å². The van der Waals surface area contributed by atoms with Crippen LogP contribution in [0.4, 0.5) is 5.69 Å². The molecule has 0 heterocycles. The standard InChI is InChI=1S/C14H24N2O3S/c1-4-12-7-8-13(15)11-14(12)20(17,18)16(5-2)9-10-19-6-3/h7-8,11H,4-6,9-10,15H2,1-3H3. The number of nitrogens with zero attached hydrogens (tertiary/aromatic N) is 1. The molecular formula is C14H24N2O3S. The molecule has 0 spiro atoms. The summed E-state index contributed by atoms with van der Waals surface area (Å²) in [5.41, 5.74) is 6.98. The van der Waals surface area contributed by atoms with Gasteiger partial charge in [0, 0.05) is 25.4 Å². The molecule has 20 heavy (non-hydrogen) atoms. The molecule has 5 nitrogen and oxygen atoms in total. The lowest BCUT2D eigenvalue weighted by Gasteiger charge is -2.22. The summed E-state index contributed by atoms with van der Waals surface area (Å²) in [5, 5.41) is 0. The van der Waals surface area contributed by atoms with Crippen LogP contribution in [-0.2, 0) is 21.2 Å². The maximum Gasteiger partial charge on any atom is 0.243 e. The summed E-state index contributed by atoms with van der Waals surface area (Å²) in [5.74, 6) is 0. The minimum absolute atomic E-state index is 0.304. The van der Waals surface area contributed by atoms with E-state index in [9.17, 15) is 8.42 Å². The number of likely N-dealkylation sites (N-methyl/N-ethyl adjacent to an activating group) is 1. The molecule has 0 aliphatic heterocycles. The second-order valence-corrected chi connectivity index (χ2v) is 6.32. The second-order valence-electron chi connectivity index (χ2n) is 4.41. The van der Waals surface area contributed by atoms with Crippen molar-refractivity contribution in [1.29, 1.82) is 0 Å². The molecule has 0 aliphatic carbocycles. The summed E-state index contributed by atoms with van der Waals surface area (Å²) in [6.07, 6.45) is 0.651. The van der Waals surface area contributed by atoms with Gasteiger partial charge in [0.15, 0.2) is 0 Å². The van der Waals surface area contributed by atoms with Gasteiger partial charge in [-0.05, 0) is 31.0 Å². The highest BCUT2D eigenvalue weighted by atomic mass is 32.2. The summed E-state index contributed by atoms with van der Waals surface area (Å²) < 4.78 is 32.1. The van der Waals surface area contributed by atoms with Crippen molar-refractivity contribution in [2.45, 2.75) is 32.1 Å². The number of hydrogen-bond donors (Lipinski definition) is 1. The Kier molecular flexibility index (Phi) is 6.45. The normalized spacial score (nSPS) is 12.0. The molecule has 0 radical (unpaired) electrons. The van der Waals surface area contributed by atoms with Gasteiger partial charge in [-0.25, -0.2) is 8.42 Å². The van der Waals surface area contributed by atoms with Gasteiger partial charge >= 0.3 is 0 Å². The first-order valence-electron chi connectivity index (χ1n) is 6.93. The number of rotatable bonds is 8. The number of nitrogen functional groups attached to an aromatic ring is 1. The van der Waals surface area contributed by atoms with Crippen molar-refractivity contribution in [2.24, 2.45) is 0 Å². The number of nitrogens with two attached hydrogens (primary N) is 1. The maximum absolute atomic E-state index is 12.7. The highest BCUT2D eigenvalue weighted by Crippen LogP contribution is 2.23. The molecule has 1 aromatic rings. The van der Waals surface area contributed by atoms with Crippen LogP contribution in [0.1, 0.15) is 26.3 Å². The van der Waals surface area contributed by atoms with E-state index in [0.29, 0.717) is 43.3 Å². The number of aryl methyl sites for hydroxylation is 1. The molecule has 0 fully saturated rings. The monoisotopic (exact) mass is 300 g/mol. The van der Waals surface area contributed by atoms with Crippen molar-refractivity contribution in [3.05, 3.63) is 23.8 Å². The van der Waals surface area contributed by atoms with Gasteiger partial charge in [-0.15, -0.1) is 0 Å². The van der Waals surface area contributed by atoms with Gasteiger partial charge in [0.05, 0.1) is 11.5 Å². The van der Waals surface area contributed by atoms with Crippen LogP contribution < -0.4 is 5.73 Å². The number of anilines is 1. The van der Waals surface area contributed by atoms with Gasteiger partial charge < -0.3 is 10.5 Å². The summed E-state index contributed by atoms with van der Waals surface area (Å²) in [4.78, 5) is 0.304. The number of ether oxygens (including phenoxy) is 1. The SMILES string of the molecule is CCOCCN(CC)S(=O)(=O)c1cc(N)ccc1CC. The highest BCUT2D eigenvalue weighted by Gasteiger charge is 2.25. The maximum atomic E-state index is 12.7. The third-order valence-electron chi connectivity index (χ3n) is 3.13. The Morgan fingerprint density at radius 1 is 1.25 bits per heavy atom. The van der Waals surface area contributed by atoms with E-state index in [-0.39, 0.29) is 0 Å². The van der Waals surface area contributed by atoms with Crippen LogP contribution in [0.3, 0.4) is 0 Å². The van der Waals surface area contributed by atoms with Crippen LogP contribution in [0.5, 0.6) is 0 Å². The fraction of sp³-hybridized carbons (Fsp3) is 0.571. The molecule has 0 saturated carbocycles. The first-order valence-corrected chi connectivity index (χ1v) is 8.37. The molecule has 1 aromatic carbocycles. The number of benzene rings is 1. The van der Waals surface area contributed by atoms with Gasteiger partial charge in [-0.2, -0.15) is 4.31 Å². The molecular weight excluding hydrogens is 276 g/mol. The first kappa shape index (κ1) is 16.9. The molecule has 0 bridgehead atoms. The Balaban J connectivity index is 3.10. The van der Waals surface area contributed by atoms with E-state index >= 15 is 0 Å². The van der Waals surface area contributed by atoms with Crippen LogP contribution in [0, 0.1) is 0 Å². The minimum Gasteiger partial charge on any atom is -0.399 e. The average Bonchev–Trinajstić information content (AvgIpc) is 2.43. The fourth-order valence-electron chi connectivity index (χ4n) is 2.00. The minimum atomic E-state index is -3.52. The zero-order chi connectivity index (χ0) is 15.2. The van der Waals surface area contributed by atoms with Gasteiger partial charge in [0.1, 0.15) is 0 Å². The lowest BCUT2D eigenvalue weighted by Crippen LogP contribution is -2.34. The van der Waals surface area contributed by atoms with E-state index in [1.807, 2.05) is 20.8 Å². The van der Waals surface area contributed by atoms with Gasteiger partial charge in [0.25, 0.3) is 0 Å². The van der Waals surface area contributed by atoms with Gasteiger partial charge in [-0.1, -0.05) is 19.9 Å². The van der Waals surface area contributed by atoms with Crippen LogP contribution in [0.2, 0.25) is 0 Å². The Hall–Kier alpha value is -1.11. The molecule has 0 unspecified atom stereocenters. The summed E-state index contributed by atoms with van der Waals surface area (Å²) in [6, 6.07) is 5.05. The molecule has 0 aromatic heterocycles. The van der Waals surface area contributed by atoms with E-state index in [0.717, 1.165) is 5.56 Å². The zero-order valence-electron chi connectivity index (χ0n) is 12.4. The van der Waals surface area contributed by atoms with Crippen molar-refractivity contribution in [2.75, 3.05) is 32.0 Å². The summed E-state index contributed by atoms with van der Waals surface area (Å²) in [6.45, 7) is 7.38. The smallest absolute Gasteiger partial charge is 0.243 e. The predicted octanol–water partition coefficient (Wildman–Crippen LogP) is 1.88. The fourth-order valence-corrected chi connectivity index (χ4v) is 3.76. The topological polar surface area (TPSA) is 72.6 Å². The Bertz CT molecular complexity index is 529. The zero-order valence-corrected chi connectivity index (χ0v) is 13.2. The molecule has 0 saturated heterocycles. The average molecular weight is 300 g/mol. The first-order chi connectivity index (χ1) is 9.47. The van der Waals surface area contributed by atoms with Crippen LogP contribution in [0.15, 0.2) is 23.1 Å². The third-order valence-corrected chi connectivity index (χ3v) is 5.19. The summed E-state index contributed by atoms with van der Waals surface area (Å²) in [7, 11) is -3.52. The van der Waals surface area contributed by atoms with Crippen molar-refractivity contribution >= 4 is 15.7 Å². The van der Waals surface area contributed by atoms with E-state index in [1.54, 1.807) is 12.1 Å². The molecule has 0 aliphatic rings. The van der Waals surface area contributed by atoms with E-state index in [1.165, 1.54) is 10.4 Å². The van der Waals surface area contributed by atoms with Crippen molar-refractivity contribution in [1.82, 2.24) is 4.31 Å². The Morgan fingerprint density at radius 2 is 1.95 bits per heavy atom. The molecule has 114 valence electrons. The number of hydrogen-bond acceptors (Lipinski definition) is 4. The molecule has 0 atom stereocenters. The van der Waals surface area contributed by atoms with Crippen molar-refractivity contribution in [3.8, 4) is 0 Å². The molecule has 6 heteroatoms. The third kappa shape index (κ3) is 3.94. The van der Waals surface area contributed by atoms with Crippen molar-refractivity contribution in [3.63, 3.8) is 0 Å². The highest BCUT2D eigenvalue weighted by molar-refractivity contribution is 7.89. The lowest BCUT2D eigenvalue weighted by atomic mass is 10.1. The molecule has 0 amide bonds. The second kappa shape index (κ2) is 7.61. The number of sulfonamides is 1.